The van der Waals surface area contributed by atoms with Gasteiger partial charge < -0.3 is 28.4 Å². The molecule has 8 heteroatoms. The van der Waals surface area contributed by atoms with Crippen LogP contribution in [0.4, 0.5) is 0 Å². The van der Waals surface area contributed by atoms with Gasteiger partial charge in [0.05, 0.1) is 40.6 Å². The fourth-order valence-corrected chi connectivity index (χ4v) is 5.73. The lowest BCUT2D eigenvalue weighted by atomic mass is 10.0. The maximum absolute atomic E-state index is 6.46. The van der Waals surface area contributed by atoms with Crippen molar-refractivity contribution in [3.05, 3.63) is 70.2 Å². The summed E-state index contributed by atoms with van der Waals surface area (Å²) in [6.07, 6.45) is 1.64. The molecule has 1 heterocycles. The zero-order valence-corrected chi connectivity index (χ0v) is 23.5. The van der Waals surface area contributed by atoms with Crippen LogP contribution in [0, 0.1) is 0 Å². The Morgan fingerprint density at radius 2 is 1.39 bits per heavy atom. The van der Waals surface area contributed by atoms with Gasteiger partial charge in [-0.05, 0) is 83.2 Å². The molecule has 0 radical (unpaired) electrons. The number of rotatable bonds is 10. The highest BCUT2D eigenvalue weighted by Crippen LogP contribution is 2.47. The molecule has 1 aliphatic rings. The quantitative estimate of drug-likeness (QED) is 0.182. The summed E-state index contributed by atoms with van der Waals surface area (Å²) in [7, 11) is 6.50. The first-order valence-corrected chi connectivity index (χ1v) is 13.4. The fourth-order valence-electron chi connectivity index (χ4n) is 4.32. The summed E-state index contributed by atoms with van der Waals surface area (Å²) in [6.45, 7) is 2.03. The summed E-state index contributed by atoms with van der Waals surface area (Å²) in [5, 5.41) is 0. The molecule has 3 aromatic carbocycles. The van der Waals surface area contributed by atoms with Crippen LogP contribution in [0.3, 0.4) is 0 Å². The van der Waals surface area contributed by atoms with Gasteiger partial charge in [-0.25, -0.2) is 0 Å². The Morgan fingerprint density at radius 1 is 0.778 bits per heavy atom. The van der Waals surface area contributed by atoms with E-state index in [-0.39, 0.29) is 17.6 Å². The molecule has 3 unspecified atom stereocenters. The van der Waals surface area contributed by atoms with Crippen molar-refractivity contribution in [3.8, 4) is 28.7 Å². The van der Waals surface area contributed by atoms with E-state index in [2.05, 4.69) is 28.1 Å². The van der Waals surface area contributed by atoms with Crippen molar-refractivity contribution in [1.82, 2.24) is 0 Å². The van der Waals surface area contributed by atoms with Crippen LogP contribution in [0.5, 0.6) is 28.7 Å². The van der Waals surface area contributed by atoms with Gasteiger partial charge in [0.1, 0.15) is 5.44 Å². The van der Waals surface area contributed by atoms with Crippen LogP contribution in [-0.4, -0.2) is 33.9 Å². The van der Waals surface area contributed by atoms with Gasteiger partial charge in [-0.2, -0.15) is 0 Å². The topological polar surface area (TPSA) is 55.4 Å². The van der Waals surface area contributed by atoms with Crippen LogP contribution < -0.4 is 23.7 Å². The Bertz CT molecular complexity index is 1160. The fraction of sp³-hybridized carbons (Fsp3) is 0.357. The molecule has 4 rings (SSSR count). The van der Waals surface area contributed by atoms with E-state index in [0.29, 0.717) is 28.7 Å². The van der Waals surface area contributed by atoms with Crippen molar-refractivity contribution in [1.29, 1.82) is 0 Å². The van der Waals surface area contributed by atoms with Crippen molar-refractivity contribution in [2.24, 2.45) is 0 Å². The lowest BCUT2D eigenvalue weighted by Crippen LogP contribution is -2.08. The van der Waals surface area contributed by atoms with Gasteiger partial charge in [0.15, 0.2) is 23.0 Å². The number of methoxy groups -OCH3 is 4. The maximum Gasteiger partial charge on any atom is 0.203 e. The molecule has 0 N–H and O–H groups in total. The number of hydrogen-bond donors (Lipinski definition) is 0. The normalized spacial score (nSPS) is 17.9. The molecular weight excluding hydrogens is 544 g/mol. The number of thioether (sulfide) groups is 1. The molecule has 0 aromatic heterocycles. The van der Waals surface area contributed by atoms with Gasteiger partial charge in [-0.1, -0.05) is 30.0 Å². The highest BCUT2D eigenvalue weighted by Gasteiger charge is 2.30. The van der Waals surface area contributed by atoms with Crippen LogP contribution in [0.25, 0.3) is 0 Å². The summed E-state index contributed by atoms with van der Waals surface area (Å²) < 4.78 is 35.9. The molecule has 0 aliphatic carbocycles. The molecule has 1 aliphatic heterocycles. The second-order valence-electron chi connectivity index (χ2n) is 8.29. The van der Waals surface area contributed by atoms with E-state index in [4.69, 9.17) is 28.4 Å². The lowest BCUT2D eigenvalue weighted by Gasteiger charge is -2.20. The molecule has 1 fully saturated rings. The second-order valence-corrected chi connectivity index (χ2v) is 10.5. The van der Waals surface area contributed by atoms with Crippen LogP contribution in [0.15, 0.2) is 64.0 Å². The van der Waals surface area contributed by atoms with Crippen LogP contribution in [0.2, 0.25) is 0 Å². The van der Waals surface area contributed by atoms with Gasteiger partial charge in [0.25, 0.3) is 0 Å². The van der Waals surface area contributed by atoms with E-state index in [9.17, 15) is 0 Å². The summed E-state index contributed by atoms with van der Waals surface area (Å²) in [5.74, 6) is 3.21. The third-order valence-corrected chi connectivity index (χ3v) is 8.05. The average Bonchev–Trinajstić information content (AvgIpc) is 3.39. The Morgan fingerprint density at radius 3 is 2.00 bits per heavy atom. The van der Waals surface area contributed by atoms with Crippen LogP contribution in [-0.2, 0) is 4.74 Å². The molecule has 0 bridgehead atoms. The van der Waals surface area contributed by atoms with E-state index < -0.39 is 0 Å². The van der Waals surface area contributed by atoms with E-state index in [1.807, 2.05) is 49.4 Å². The summed E-state index contributed by atoms with van der Waals surface area (Å²) >= 11 is 5.24. The molecule has 0 spiro atoms. The molecule has 3 aromatic rings. The van der Waals surface area contributed by atoms with E-state index in [0.717, 1.165) is 33.3 Å². The van der Waals surface area contributed by atoms with Crippen molar-refractivity contribution < 1.29 is 28.4 Å². The Labute approximate surface area is 225 Å². The van der Waals surface area contributed by atoms with Gasteiger partial charge in [-0.3, -0.25) is 0 Å². The number of halogens is 1. The lowest BCUT2D eigenvalue weighted by molar-refractivity contribution is 0.0436. The first kappa shape index (κ1) is 26.5. The first-order chi connectivity index (χ1) is 17.5. The highest BCUT2D eigenvalue weighted by atomic mass is 79.9. The van der Waals surface area contributed by atoms with E-state index in [1.54, 1.807) is 40.2 Å². The zero-order chi connectivity index (χ0) is 25.7. The predicted octanol–water partition coefficient (Wildman–Crippen LogP) is 7.59. The summed E-state index contributed by atoms with van der Waals surface area (Å²) in [4.78, 5) is 1.12. The monoisotopic (exact) mass is 574 g/mol. The number of hydrogen-bond acceptors (Lipinski definition) is 7. The molecule has 3 atom stereocenters. The molecule has 192 valence electrons. The van der Waals surface area contributed by atoms with Crippen molar-refractivity contribution in [2.45, 2.75) is 42.3 Å². The van der Waals surface area contributed by atoms with E-state index >= 15 is 0 Å². The standard InChI is InChI=1S/C28H31BrO6S/c1-17(36-27-9-7-6-8-20(27)29)34-23-11-10-18(14-24(23)30-2)21-12-13-22(35-21)19-15-25(31-3)28(33-5)26(16-19)32-4/h6-11,14-17,21-22H,12-13H2,1-5H3. The Balaban J connectivity index is 1.47. The Hall–Kier alpha value is -2.55. The molecular formula is C28H31BrO6S. The van der Waals surface area contributed by atoms with Crippen LogP contribution in [0.1, 0.15) is 43.1 Å². The Kier molecular flexibility index (Phi) is 8.93. The number of benzene rings is 3. The largest absolute Gasteiger partial charge is 0.493 e. The molecule has 6 nitrogen and oxygen atoms in total. The molecule has 36 heavy (non-hydrogen) atoms. The first-order valence-electron chi connectivity index (χ1n) is 11.7. The second kappa shape index (κ2) is 12.1. The van der Waals surface area contributed by atoms with Crippen molar-refractivity contribution in [2.75, 3.05) is 28.4 Å². The summed E-state index contributed by atoms with van der Waals surface area (Å²) in [6, 6.07) is 18.0. The average molecular weight is 576 g/mol. The third-order valence-electron chi connectivity index (χ3n) is 6.06. The maximum atomic E-state index is 6.46. The smallest absolute Gasteiger partial charge is 0.203 e. The van der Waals surface area contributed by atoms with Crippen LogP contribution >= 0.6 is 27.7 Å². The number of ether oxygens (including phenoxy) is 6. The van der Waals surface area contributed by atoms with Gasteiger partial charge in [0, 0.05) is 9.37 Å². The molecule has 0 amide bonds. The highest BCUT2D eigenvalue weighted by molar-refractivity contribution is 9.10. The minimum Gasteiger partial charge on any atom is -0.493 e. The van der Waals surface area contributed by atoms with Crippen molar-refractivity contribution in [3.63, 3.8) is 0 Å². The SMILES string of the molecule is COc1cc(C2CCC(c3cc(OC)c(OC)c(OC)c3)O2)ccc1OC(C)Sc1ccccc1Br. The third kappa shape index (κ3) is 5.88. The van der Waals surface area contributed by atoms with Gasteiger partial charge in [-0.15, -0.1) is 0 Å². The van der Waals surface area contributed by atoms with E-state index in [1.165, 1.54) is 0 Å². The molecule has 1 saturated heterocycles. The summed E-state index contributed by atoms with van der Waals surface area (Å²) in [5.41, 5.74) is 1.95. The van der Waals surface area contributed by atoms with Gasteiger partial charge >= 0.3 is 0 Å². The minimum absolute atomic E-state index is 0.0517. The zero-order valence-electron chi connectivity index (χ0n) is 21.1. The minimum atomic E-state index is -0.101. The van der Waals surface area contributed by atoms with Gasteiger partial charge in [0.2, 0.25) is 5.75 Å². The predicted molar refractivity (Wildman–Crippen MR) is 145 cm³/mol. The van der Waals surface area contributed by atoms with Crippen molar-refractivity contribution >= 4 is 27.7 Å². The molecule has 0 saturated carbocycles.